The van der Waals surface area contributed by atoms with E-state index in [4.69, 9.17) is 9.47 Å². The smallest absolute Gasteiger partial charge is 0.307 e. The summed E-state index contributed by atoms with van der Waals surface area (Å²) < 4.78 is 10.6. The van der Waals surface area contributed by atoms with Gasteiger partial charge in [-0.1, -0.05) is 18.2 Å². The van der Waals surface area contributed by atoms with Crippen molar-refractivity contribution >= 4 is 11.9 Å². The van der Waals surface area contributed by atoms with E-state index in [0.29, 0.717) is 12.2 Å². The first-order chi connectivity index (χ1) is 10.1. The Balaban J connectivity index is 1.69. The fourth-order valence-electron chi connectivity index (χ4n) is 2.22. The fourth-order valence-corrected chi connectivity index (χ4v) is 2.22. The van der Waals surface area contributed by atoms with E-state index < -0.39 is 0 Å². The Labute approximate surface area is 124 Å². The SMILES string of the molecule is CC(CC(=O)OCC1CCCO1)NC(=O)c1ccccc1. The van der Waals surface area contributed by atoms with Crippen LogP contribution in [0, 0.1) is 0 Å². The Morgan fingerprint density at radius 1 is 1.38 bits per heavy atom. The number of ether oxygens (including phenoxy) is 2. The summed E-state index contributed by atoms with van der Waals surface area (Å²) in [6.45, 7) is 2.83. The average Bonchev–Trinajstić information content (AvgIpc) is 2.99. The molecule has 1 aromatic carbocycles. The van der Waals surface area contributed by atoms with Crippen molar-refractivity contribution in [1.29, 1.82) is 0 Å². The number of benzene rings is 1. The molecular formula is C16H21NO4. The van der Waals surface area contributed by atoms with Crippen molar-refractivity contribution in [3.63, 3.8) is 0 Å². The summed E-state index contributed by atoms with van der Waals surface area (Å²) in [5, 5.41) is 2.78. The van der Waals surface area contributed by atoms with Crippen LogP contribution >= 0.6 is 0 Å². The Hall–Kier alpha value is -1.88. The van der Waals surface area contributed by atoms with Crippen molar-refractivity contribution in [1.82, 2.24) is 5.32 Å². The highest BCUT2D eigenvalue weighted by molar-refractivity contribution is 5.94. The van der Waals surface area contributed by atoms with E-state index >= 15 is 0 Å². The summed E-state index contributed by atoms with van der Waals surface area (Å²) in [6, 6.07) is 8.65. The zero-order valence-corrected chi connectivity index (χ0v) is 12.2. The molecule has 0 bridgehead atoms. The van der Waals surface area contributed by atoms with E-state index in [9.17, 15) is 9.59 Å². The molecule has 1 amide bonds. The molecule has 1 aliphatic heterocycles. The third-order valence-corrected chi connectivity index (χ3v) is 3.34. The molecule has 1 N–H and O–H groups in total. The molecule has 1 saturated heterocycles. The van der Waals surface area contributed by atoms with Crippen LogP contribution in [-0.2, 0) is 14.3 Å². The molecule has 0 saturated carbocycles. The maximum absolute atomic E-state index is 11.9. The van der Waals surface area contributed by atoms with Gasteiger partial charge in [-0.15, -0.1) is 0 Å². The molecule has 5 heteroatoms. The first-order valence-electron chi connectivity index (χ1n) is 7.28. The number of hydrogen-bond acceptors (Lipinski definition) is 4. The molecular weight excluding hydrogens is 270 g/mol. The van der Waals surface area contributed by atoms with Gasteiger partial charge >= 0.3 is 5.97 Å². The maximum atomic E-state index is 11.9. The third-order valence-electron chi connectivity index (χ3n) is 3.34. The van der Waals surface area contributed by atoms with Gasteiger partial charge in [0.1, 0.15) is 6.61 Å². The van der Waals surface area contributed by atoms with Crippen LogP contribution in [0.15, 0.2) is 30.3 Å². The summed E-state index contributed by atoms with van der Waals surface area (Å²) in [4.78, 5) is 23.6. The second-order valence-electron chi connectivity index (χ2n) is 5.26. The zero-order chi connectivity index (χ0) is 15.1. The van der Waals surface area contributed by atoms with Gasteiger partial charge in [0.15, 0.2) is 0 Å². The molecule has 0 aromatic heterocycles. The molecule has 114 valence electrons. The van der Waals surface area contributed by atoms with E-state index in [1.54, 1.807) is 31.2 Å². The van der Waals surface area contributed by atoms with Crippen LogP contribution in [0.25, 0.3) is 0 Å². The van der Waals surface area contributed by atoms with Gasteiger partial charge in [-0.2, -0.15) is 0 Å². The average molecular weight is 291 g/mol. The topological polar surface area (TPSA) is 64.6 Å². The lowest BCUT2D eigenvalue weighted by Gasteiger charge is -2.15. The molecule has 1 fully saturated rings. The number of amides is 1. The van der Waals surface area contributed by atoms with Crippen LogP contribution in [0.3, 0.4) is 0 Å². The van der Waals surface area contributed by atoms with Crippen molar-refractivity contribution in [3.05, 3.63) is 35.9 Å². The van der Waals surface area contributed by atoms with Crippen LogP contribution in [0.5, 0.6) is 0 Å². The standard InChI is InChI=1S/C16H21NO4/c1-12(17-16(19)13-6-3-2-4-7-13)10-15(18)21-11-14-8-5-9-20-14/h2-4,6-7,12,14H,5,8-11H2,1H3,(H,17,19). The zero-order valence-electron chi connectivity index (χ0n) is 12.2. The molecule has 2 atom stereocenters. The van der Waals surface area contributed by atoms with Crippen LogP contribution in [0.1, 0.15) is 36.5 Å². The van der Waals surface area contributed by atoms with Crippen LogP contribution < -0.4 is 5.32 Å². The van der Waals surface area contributed by atoms with E-state index in [2.05, 4.69) is 5.32 Å². The summed E-state index contributed by atoms with van der Waals surface area (Å²) in [5.74, 6) is -0.499. The maximum Gasteiger partial charge on any atom is 0.307 e. The number of esters is 1. The molecule has 0 aliphatic carbocycles. The Kier molecular flexibility index (Phi) is 5.75. The molecule has 5 nitrogen and oxygen atoms in total. The number of carbonyl (C=O) groups is 2. The monoisotopic (exact) mass is 291 g/mol. The van der Waals surface area contributed by atoms with Gasteiger partial charge in [-0.3, -0.25) is 9.59 Å². The number of nitrogens with one attached hydrogen (secondary N) is 1. The van der Waals surface area contributed by atoms with Crippen molar-refractivity contribution < 1.29 is 19.1 Å². The lowest BCUT2D eigenvalue weighted by Crippen LogP contribution is -2.35. The quantitative estimate of drug-likeness (QED) is 0.813. The number of rotatable bonds is 6. The second-order valence-corrected chi connectivity index (χ2v) is 5.26. The van der Waals surface area contributed by atoms with Crippen LogP contribution in [-0.4, -0.2) is 37.2 Å². The highest BCUT2D eigenvalue weighted by Crippen LogP contribution is 2.12. The fraction of sp³-hybridized carbons (Fsp3) is 0.500. The molecule has 2 rings (SSSR count). The minimum Gasteiger partial charge on any atom is -0.463 e. The van der Waals surface area contributed by atoms with Crippen LogP contribution in [0.2, 0.25) is 0 Å². The molecule has 1 aliphatic rings. The molecule has 0 spiro atoms. The molecule has 1 heterocycles. The highest BCUT2D eigenvalue weighted by Gasteiger charge is 2.19. The van der Waals surface area contributed by atoms with Gasteiger partial charge in [0, 0.05) is 18.2 Å². The summed E-state index contributed by atoms with van der Waals surface area (Å²) in [6.07, 6.45) is 2.15. The predicted molar refractivity (Wildman–Crippen MR) is 77.9 cm³/mol. The summed E-state index contributed by atoms with van der Waals surface area (Å²) in [5.41, 5.74) is 0.581. The van der Waals surface area contributed by atoms with Crippen molar-refractivity contribution in [2.45, 2.75) is 38.3 Å². The van der Waals surface area contributed by atoms with E-state index in [-0.39, 0.29) is 30.4 Å². The van der Waals surface area contributed by atoms with Gasteiger partial charge in [-0.05, 0) is 31.9 Å². The second kappa shape index (κ2) is 7.78. The van der Waals surface area contributed by atoms with Crippen molar-refractivity contribution in [2.24, 2.45) is 0 Å². The molecule has 1 aromatic rings. The number of hydrogen-bond donors (Lipinski definition) is 1. The highest BCUT2D eigenvalue weighted by atomic mass is 16.6. The summed E-state index contributed by atoms with van der Waals surface area (Å²) >= 11 is 0. The predicted octanol–water partition coefficient (Wildman–Crippen LogP) is 1.92. The lowest BCUT2D eigenvalue weighted by molar-refractivity contribution is -0.147. The first kappa shape index (κ1) is 15.5. The lowest BCUT2D eigenvalue weighted by atomic mass is 10.2. The minimum absolute atomic E-state index is 0.0307. The van der Waals surface area contributed by atoms with E-state index in [1.165, 1.54) is 0 Å². The van der Waals surface area contributed by atoms with Gasteiger partial charge < -0.3 is 14.8 Å². The van der Waals surface area contributed by atoms with Gasteiger partial charge in [0.2, 0.25) is 0 Å². The third kappa shape index (κ3) is 5.19. The minimum atomic E-state index is -0.314. The molecule has 2 unspecified atom stereocenters. The van der Waals surface area contributed by atoms with E-state index in [0.717, 1.165) is 19.4 Å². The van der Waals surface area contributed by atoms with E-state index in [1.807, 2.05) is 6.07 Å². The van der Waals surface area contributed by atoms with Gasteiger partial charge in [-0.25, -0.2) is 0 Å². The summed E-state index contributed by atoms with van der Waals surface area (Å²) in [7, 11) is 0. The molecule has 21 heavy (non-hydrogen) atoms. The first-order valence-corrected chi connectivity index (χ1v) is 7.28. The van der Waals surface area contributed by atoms with Crippen molar-refractivity contribution in [2.75, 3.05) is 13.2 Å². The Morgan fingerprint density at radius 2 is 2.14 bits per heavy atom. The normalized spacial score (nSPS) is 19.0. The number of carbonyl (C=O) groups excluding carboxylic acids is 2. The van der Waals surface area contributed by atoms with Crippen LogP contribution in [0.4, 0.5) is 0 Å². The molecule has 0 radical (unpaired) electrons. The largest absolute Gasteiger partial charge is 0.463 e. The van der Waals surface area contributed by atoms with Gasteiger partial charge in [0.25, 0.3) is 5.91 Å². The Bertz CT molecular complexity index is 468. The van der Waals surface area contributed by atoms with Crippen molar-refractivity contribution in [3.8, 4) is 0 Å². The Morgan fingerprint density at radius 3 is 2.81 bits per heavy atom. The van der Waals surface area contributed by atoms with Gasteiger partial charge in [0.05, 0.1) is 12.5 Å².